The smallest absolute Gasteiger partial charge is 0.244 e. The fourth-order valence-electron chi connectivity index (χ4n) is 2.91. The Morgan fingerprint density at radius 1 is 1.12 bits per heavy atom. The van der Waals surface area contributed by atoms with Crippen molar-refractivity contribution < 1.29 is 9.53 Å². The van der Waals surface area contributed by atoms with Crippen molar-refractivity contribution in [3.05, 3.63) is 71.8 Å². The molecule has 24 heavy (non-hydrogen) atoms. The van der Waals surface area contributed by atoms with Gasteiger partial charge >= 0.3 is 0 Å². The average molecular weight is 347 g/mol. The Bertz CT molecular complexity index is 651. The number of carbonyl (C=O) groups is 1. The molecule has 1 fully saturated rings. The zero-order chi connectivity index (χ0) is 16.2. The summed E-state index contributed by atoms with van der Waals surface area (Å²) < 4.78 is 5.91. The summed E-state index contributed by atoms with van der Waals surface area (Å²) >= 11 is 0. The molecule has 3 unspecified atom stereocenters. The molecule has 3 rings (SSSR count). The molecule has 0 radical (unpaired) electrons. The minimum Gasteiger partial charge on any atom is -0.370 e. The highest BCUT2D eigenvalue weighted by molar-refractivity contribution is 5.85. The lowest BCUT2D eigenvalue weighted by Gasteiger charge is -2.39. The number of morpholine rings is 1. The van der Waals surface area contributed by atoms with Crippen molar-refractivity contribution >= 4 is 18.3 Å². The zero-order valence-electron chi connectivity index (χ0n) is 13.7. The molecule has 1 aliphatic heterocycles. The number of rotatable bonds is 3. The minimum atomic E-state index is -0.631. The van der Waals surface area contributed by atoms with Crippen LogP contribution in [0.15, 0.2) is 60.7 Å². The van der Waals surface area contributed by atoms with Gasteiger partial charge in [-0.2, -0.15) is 0 Å². The second-order valence-electron chi connectivity index (χ2n) is 5.96. The quantitative estimate of drug-likeness (QED) is 0.929. The highest BCUT2D eigenvalue weighted by Gasteiger charge is 2.33. The van der Waals surface area contributed by atoms with Crippen LogP contribution in [0.25, 0.3) is 0 Å². The van der Waals surface area contributed by atoms with Gasteiger partial charge in [-0.15, -0.1) is 12.4 Å². The molecule has 5 heteroatoms. The van der Waals surface area contributed by atoms with Gasteiger partial charge in [-0.1, -0.05) is 60.7 Å². The topological polar surface area (TPSA) is 55.6 Å². The van der Waals surface area contributed by atoms with E-state index in [1.54, 1.807) is 0 Å². The van der Waals surface area contributed by atoms with Crippen molar-refractivity contribution in [2.24, 2.45) is 5.73 Å². The number of hydrogen-bond acceptors (Lipinski definition) is 3. The molecule has 1 aliphatic rings. The molecule has 0 saturated carbocycles. The Labute approximate surface area is 149 Å². The molecule has 0 bridgehead atoms. The van der Waals surface area contributed by atoms with Gasteiger partial charge in [0.15, 0.2) is 0 Å². The number of benzene rings is 2. The lowest BCUT2D eigenvalue weighted by molar-refractivity contribution is -0.146. The van der Waals surface area contributed by atoms with Crippen LogP contribution in [0.1, 0.15) is 30.2 Å². The van der Waals surface area contributed by atoms with Crippen LogP contribution in [0.4, 0.5) is 0 Å². The van der Waals surface area contributed by atoms with Crippen LogP contribution in [-0.4, -0.2) is 30.0 Å². The molecular weight excluding hydrogens is 324 g/mol. The number of halogens is 1. The Morgan fingerprint density at radius 2 is 1.71 bits per heavy atom. The summed E-state index contributed by atoms with van der Waals surface area (Å²) in [6.07, 6.45) is -0.0978. The van der Waals surface area contributed by atoms with Crippen LogP contribution in [0.3, 0.4) is 0 Å². The molecule has 0 aliphatic carbocycles. The van der Waals surface area contributed by atoms with E-state index < -0.39 is 6.04 Å². The third kappa shape index (κ3) is 3.96. The van der Waals surface area contributed by atoms with Gasteiger partial charge in [-0.3, -0.25) is 4.79 Å². The molecule has 1 saturated heterocycles. The minimum absolute atomic E-state index is 0. The fourth-order valence-corrected chi connectivity index (χ4v) is 2.91. The lowest BCUT2D eigenvalue weighted by Crippen LogP contribution is -2.51. The van der Waals surface area contributed by atoms with Gasteiger partial charge in [0.2, 0.25) is 5.91 Å². The second-order valence-corrected chi connectivity index (χ2v) is 5.96. The second kappa shape index (κ2) is 8.29. The molecule has 1 heterocycles. The van der Waals surface area contributed by atoms with Crippen molar-refractivity contribution in [1.29, 1.82) is 0 Å². The maximum absolute atomic E-state index is 12.8. The highest BCUT2D eigenvalue weighted by Crippen LogP contribution is 2.26. The van der Waals surface area contributed by atoms with E-state index in [1.165, 1.54) is 0 Å². The summed E-state index contributed by atoms with van der Waals surface area (Å²) in [5.41, 5.74) is 8.11. The van der Waals surface area contributed by atoms with E-state index in [0.29, 0.717) is 13.2 Å². The predicted octanol–water partition coefficient (Wildman–Crippen LogP) is 3.10. The van der Waals surface area contributed by atoms with Crippen LogP contribution in [0.2, 0.25) is 0 Å². The molecule has 128 valence electrons. The largest absolute Gasteiger partial charge is 0.370 e. The number of nitrogens with two attached hydrogens (primary N) is 1. The molecule has 2 aromatic rings. The van der Waals surface area contributed by atoms with E-state index in [2.05, 4.69) is 0 Å². The lowest BCUT2D eigenvalue weighted by atomic mass is 10.0. The van der Waals surface area contributed by atoms with Crippen LogP contribution < -0.4 is 5.73 Å². The Balaban J connectivity index is 0.00000208. The molecule has 1 amide bonds. The maximum atomic E-state index is 12.8. The molecule has 2 aromatic carbocycles. The van der Waals surface area contributed by atoms with Crippen LogP contribution in [0, 0.1) is 0 Å². The average Bonchev–Trinajstić information content (AvgIpc) is 2.62. The number of carbonyl (C=O) groups excluding carboxylic acids is 1. The summed E-state index contributed by atoms with van der Waals surface area (Å²) in [7, 11) is 0. The summed E-state index contributed by atoms with van der Waals surface area (Å²) in [5.74, 6) is -0.0482. The fraction of sp³-hybridized carbons (Fsp3) is 0.316. The molecule has 0 spiro atoms. The summed E-state index contributed by atoms with van der Waals surface area (Å²) in [6, 6.07) is 18.9. The van der Waals surface area contributed by atoms with E-state index in [9.17, 15) is 4.79 Å². The third-order valence-electron chi connectivity index (χ3n) is 4.31. The first-order valence-electron chi connectivity index (χ1n) is 7.94. The van der Waals surface area contributed by atoms with Gasteiger partial charge in [-0.05, 0) is 18.1 Å². The van der Waals surface area contributed by atoms with Crippen molar-refractivity contribution in [1.82, 2.24) is 4.90 Å². The first-order chi connectivity index (χ1) is 11.2. The van der Waals surface area contributed by atoms with E-state index in [4.69, 9.17) is 10.5 Å². The summed E-state index contributed by atoms with van der Waals surface area (Å²) in [6.45, 7) is 3.05. The van der Waals surface area contributed by atoms with Crippen LogP contribution in [0.5, 0.6) is 0 Å². The van der Waals surface area contributed by atoms with Gasteiger partial charge in [0.1, 0.15) is 12.1 Å². The molecule has 2 N–H and O–H groups in total. The third-order valence-corrected chi connectivity index (χ3v) is 4.31. The van der Waals surface area contributed by atoms with Crippen LogP contribution in [-0.2, 0) is 9.53 Å². The normalized spacial score (nSPS) is 21.7. The molecule has 3 atom stereocenters. The van der Waals surface area contributed by atoms with Crippen molar-refractivity contribution in [3.63, 3.8) is 0 Å². The van der Waals surface area contributed by atoms with E-state index >= 15 is 0 Å². The SMILES string of the molecule is CC1COC(c2ccccc2)CN1C(=O)C(N)c1ccccc1.Cl. The van der Waals surface area contributed by atoms with E-state index in [1.807, 2.05) is 72.5 Å². The Morgan fingerprint density at radius 3 is 2.33 bits per heavy atom. The van der Waals surface area contributed by atoms with Crippen molar-refractivity contribution in [2.75, 3.05) is 13.2 Å². The highest BCUT2D eigenvalue weighted by atomic mass is 35.5. The number of nitrogens with zero attached hydrogens (tertiary/aromatic N) is 1. The van der Waals surface area contributed by atoms with Crippen molar-refractivity contribution in [3.8, 4) is 0 Å². The molecular formula is C19H23ClN2O2. The maximum Gasteiger partial charge on any atom is 0.244 e. The van der Waals surface area contributed by atoms with E-state index in [-0.39, 0.29) is 30.5 Å². The van der Waals surface area contributed by atoms with Gasteiger partial charge in [0, 0.05) is 0 Å². The summed E-state index contributed by atoms with van der Waals surface area (Å²) in [5, 5.41) is 0. The number of ether oxygens (including phenoxy) is 1. The molecule has 0 aromatic heterocycles. The van der Waals surface area contributed by atoms with Gasteiger partial charge < -0.3 is 15.4 Å². The number of amides is 1. The van der Waals surface area contributed by atoms with Gasteiger partial charge in [0.25, 0.3) is 0 Å². The Kier molecular flexibility index (Phi) is 6.37. The van der Waals surface area contributed by atoms with Gasteiger partial charge in [-0.25, -0.2) is 0 Å². The Hall–Kier alpha value is -1.88. The molecule has 4 nitrogen and oxygen atoms in total. The summed E-state index contributed by atoms with van der Waals surface area (Å²) in [4.78, 5) is 14.7. The van der Waals surface area contributed by atoms with E-state index in [0.717, 1.165) is 11.1 Å². The standard InChI is InChI=1S/C19H22N2O2.ClH/c1-14-13-23-17(15-8-4-2-5-9-15)12-21(14)19(22)18(20)16-10-6-3-7-11-16;/h2-11,14,17-18H,12-13,20H2,1H3;1H. The van der Waals surface area contributed by atoms with Crippen LogP contribution >= 0.6 is 12.4 Å². The van der Waals surface area contributed by atoms with Gasteiger partial charge in [0.05, 0.1) is 19.2 Å². The zero-order valence-corrected chi connectivity index (χ0v) is 14.5. The monoisotopic (exact) mass is 346 g/mol. The number of hydrogen-bond donors (Lipinski definition) is 1. The van der Waals surface area contributed by atoms with Crippen molar-refractivity contribution in [2.45, 2.75) is 25.1 Å². The first kappa shape index (κ1) is 18.5. The predicted molar refractivity (Wildman–Crippen MR) is 96.9 cm³/mol. The first-order valence-corrected chi connectivity index (χ1v) is 7.94.